The molecule has 0 saturated carbocycles. The van der Waals surface area contributed by atoms with Gasteiger partial charge in [-0.25, -0.2) is 0 Å². The Bertz CT molecular complexity index is 857. The van der Waals surface area contributed by atoms with E-state index in [0.717, 1.165) is 51.1 Å². The molecule has 0 aliphatic carbocycles. The van der Waals surface area contributed by atoms with Crippen molar-refractivity contribution in [3.63, 3.8) is 0 Å². The van der Waals surface area contributed by atoms with Crippen molar-refractivity contribution < 1.29 is 0 Å². The minimum atomic E-state index is 0.359. The van der Waals surface area contributed by atoms with E-state index in [2.05, 4.69) is 104 Å². The molecule has 1 unspecified atom stereocenters. The van der Waals surface area contributed by atoms with Crippen molar-refractivity contribution in [2.24, 2.45) is 0 Å². The third-order valence-electron chi connectivity index (χ3n) is 6.29. The fourth-order valence-corrected chi connectivity index (χ4v) is 4.26. The second-order valence-electron chi connectivity index (χ2n) is 9.52. The zero-order valence-corrected chi connectivity index (χ0v) is 21.7. The average Bonchev–Trinajstić information content (AvgIpc) is 3.35. The first-order valence-corrected chi connectivity index (χ1v) is 12.7. The first-order valence-electron chi connectivity index (χ1n) is 12.7. The maximum absolute atomic E-state index is 4.35. The standard InChI is InChI=1S/C22H33N3.C9H12/c1-5-6-10-15-24(4)18-19(2)25-16-11-14-22(25)20(3)23-17-21-12-8-7-9-13-21;1-8(2)9-6-4-3-5-7-9/h5,7-9,12-13,22-23H,1-3,6,10-11,14-18H2,4H3;3-8H,1-2H3. The van der Waals surface area contributed by atoms with Crippen LogP contribution >= 0.6 is 0 Å². The topological polar surface area (TPSA) is 18.5 Å². The van der Waals surface area contributed by atoms with Gasteiger partial charge in [0.1, 0.15) is 0 Å². The van der Waals surface area contributed by atoms with Crippen molar-refractivity contribution in [1.82, 2.24) is 15.1 Å². The zero-order valence-electron chi connectivity index (χ0n) is 21.7. The monoisotopic (exact) mass is 459 g/mol. The SMILES string of the molecule is C=CCCCN(C)CC(=C)N1CCCC1C(=C)NCc1ccccc1.CC(C)c1ccccc1. The Morgan fingerprint density at radius 1 is 1.09 bits per heavy atom. The van der Waals surface area contributed by atoms with Gasteiger partial charge >= 0.3 is 0 Å². The average molecular weight is 460 g/mol. The Morgan fingerprint density at radius 3 is 2.32 bits per heavy atom. The Balaban J connectivity index is 0.000000379. The number of likely N-dealkylation sites (tertiary alicyclic amines) is 1. The highest BCUT2D eigenvalue weighted by molar-refractivity contribution is 5.19. The summed E-state index contributed by atoms with van der Waals surface area (Å²) in [7, 11) is 2.17. The predicted molar refractivity (Wildman–Crippen MR) is 149 cm³/mol. The Kier molecular flexibility index (Phi) is 12.3. The third-order valence-corrected chi connectivity index (χ3v) is 6.29. The van der Waals surface area contributed by atoms with Gasteiger partial charge in [-0.15, -0.1) is 6.58 Å². The van der Waals surface area contributed by atoms with Crippen LogP contribution in [0, 0.1) is 0 Å². The number of allylic oxidation sites excluding steroid dienone is 1. The highest BCUT2D eigenvalue weighted by atomic mass is 15.2. The van der Waals surface area contributed by atoms with Crippen LogP contribution in [0.1, 0.15) is 56.6 Å². The molecular weight excluding hydrogens is 414 g/mol. The van der Waals surface area contributed by atoms with E-state index in [-0.39, 0.29) is 0 Å². The van der Waals surface area contributed by atoms with Crippen LogP contribution in [0.3, 0.4) is 0 Å². The van der Waals surface area contributed by atoms with Gasteiger partial charge in [0.25, 0.3) is 0 Å². The van der Waals surface area contributed by atoms with Crippen LogP contribution in [0.15, 0.2) is 97.9 Å². The van der Waals surface area contributed by atoms with Crippen LogP contribution in [0.5, 0.6) is 0 Å². The van der Waals surface area contributed by atoms with E-state index in [9.17, 15) is 0 Å². The second-order valence-corrected chi connectivity index (χ2v) is 9.52. The molecule has 2 aromatic carbocycles. The number of hydrogen-bond donors (Lipinski definition) is 1. The van der Waals surface area contributed by atoms with E-state index in [1.807, 2.05) is 18.2 Å². The Morgan fingerprint density at radius 2 is 1.74 bits per heavy atom. The van der Waals surface area contributed by atoms with Crippen molar-refractivity contribution in [2.45, 2.75) is 58.0 Å². The van der Waals surface area contributed by atoms with Gasteiger partial charge in [0, 0.05) is 31.0 Å². The van der Waals surface area contributed by atoms with E-state index >= 15 is 0 Å². The lowest BCUT2D eigenvalue weighted by Crippen LogP contribution is -2.38. The van der Waals surface area contributed by atoms with Gasteiger partial charge in [-0.05, 0) is 56.3 Å². The van der Waals surface area contributed by atoms with Gasteiger partial charge in [0.05, 0.1) is 6.04 Å². The number of hydrogen-bond acceptors (Lipinski definition) is 3. The molecule has 1 aliphatic heterocycles. The van der Waals surface area contributed by atoms with Crippen LogP contribution in [-0.4, -0.2) is 42.5 Å². The summed E-state index contributed by atoms with van der Waals surface area (Å²) in [5, 5.41) is 3.52. The molecule has 184 valence electrons. The number of benzene rings is 2. The minimum Gasteiger partial charge on any atom is -0.383 e. The number of unbranched alkanes of at least 4 members (excludes halogenated alkanes) is 1. The summed E-state index contributed by atoms with van der Waals surface area (Å²) in [4.78, 5) is 4.78. The summed E-state index contributed by atoms with van der Waals surface area (Å²) < 4.78 is 0. The van der Waals surface area contributed by atoms with Gasteiger partial charge in [-0.3, -0.25) is 0 Å². The van der Waals surface area contributed by atoms with Crippen molar-refractivity contribution in [2.75, 3.05) is 26.7 Å². The van der Waals surface area contributed by atoms with Crippen LogP contribution in [0.2, 0.25) is 0 Å². The van der Waals surface area contributed by atoms with Crippen molar-refractivity contribution in [3.8, 4) is 0 Å². The maximum Gasteiger partial charge on any atom is 0.0680 e. The van der Waals surface area contributed by atoms with Crippen LogP contribution in [0.25, 0.3) is 0 Å². The molecule has 34 heavy (non-hydrogen) atoms. The molecule has 2 aromatic rings. The minimum absolute atomic E-state index is 0.359. The van der Waals surface area contributed by atoms with E-state index in [0.29, 0.717) is 12.0 Å². The summed E-state index contributed by atoms with van der Waals surface area (Å²) in [6.07, 6.45) is 6.57. The molecule has 0 spiro atoms. The molecule has 1 aliphatic rings. The fourth-order valence-electron chi connectivity index (χ4n) is 4.26. The lowest BCUT2D eigenvalue weighted by atomic mass is 10.0. The van der Waals surface area contributed by atoms with E-state index in [4.69, 9.17) is 0 Å². The van der Waals surface area contributed by atoms with E-state index in [1.54, 1.807) is 0 Å². The van der Waals surface area contributed by atoms with Crippen LogP contribution in [0.4, 0.5) is 0 Å². The smallest absolute Gasteiger partial charge is 0.0680 e. The quantitative estimate of drug-likeness (QED) is 0.273. The van der Waals surface area contributed by atoms with Crippen LogP contribution < -0.4 is 5.32 Å². The molecule has 1 saturated heterocycles. The third kappa shape index (κ3) is 9.61. The molecule has 1 N–H and O–H groups in total. The largest absolute Gasteiger partial charge is 0.383 e. The van der Waals surface area contributed by atoms with Gasteiger partial charge in [-0.1, -0.05) is 93.7 Å². The summed E-state index contributed by atoms with van der Waals surface area (Å²) in [6.45, 7) is 20.8. The van der Waals surface area contributed by atoms with Gasteiger partial charge in [0.2, 0.25) is 0 Å². The molecule has 3 heteroatoms. The maximum atomic E-state index is 4.35. The highest BCUT2D eigenvalue weighted by Gasteiger charge is 2.27. The molecule has 0 bridgehead atoms. The second kappa shape index (κ2) is 15.2. The Hall–Kier alpha value is -2.78. The summed E-state index contributed by atoms with van der Waals surface area (Å²) in [5.41, 5.74) is 5.01. The molecule has 3 nitrogen and oxygen atoms in total. The first-order chi connectivity index (χ1) is 16.4. The van der Waals surface area contributed by atoms with Gasteiger partial charge < -0.3 is 15.1 Å². The molecule has 0 aromatic heterocycles. The number of nitrogens with zero attached hydrogens (tertiary/aromatic N) is 2. The number of likely N-dealkylation sites (N-methyl/N-ethyl adjacent to an activating group) is 1. The zero-order chi connectivity index (χ0) is 24.8. The normalized spacial score (nSPS) is 15.1. The molecule has 1 atom stereocenters. The molecule has 0 radical (unpaired) electrons. The molecule has 1 heterocycles. The highest BCUT2D eigenvalue weighted by Crippen LogP contribution is 2.25. The van der Waals surface area contributed by atoms with Gasteiger partial charge in [0.15, 0.2) is 0 Å². The molecule has 0 amide bonds. The van der Waals surface area contributed by atoms with Crippen molar-refractivity contribution in [1.29, 1.82) is 0 Å². The fraction of sp³-hybridized carbons (Fsp3) is 0.419. The molecular formula is C31H45N3. The van der Waals surface area contributed by atoms with Gasteiger partial charge in [-0.2, -0.15) is 0 Å². The van der Waals surface area contributed by atoms with E-state index < -0.39 is 0 Å². The summed E-state index contributed by atoms with van der Waals surface area (Å²) in [5.74, 6) is 0.659. The number of nitrogens with one attached hydrogen (secondary N) is 1. The first kappa shape index (κ1) is 27.5. The lowest BCUT2D eigenvalue weighted by Gasteiger charge is -2.32. The van der Waals surface area contributed by atoms with Crippen molar-refractivity contribution in [3.05, 3.63) is 109 Å². The Labute approximate surface area is 208 Å². The predicted octanol–water partition coefficient (Wildman–Crippen LogP) is 6.98. The van der Waals surface area contributed by atoms with Crippen molar-refractivity contribution >= 4 is 0 Å². The molecule has 3 rings (SSSR count). The van der Waals surface area contributed by atoms with E-state index in [1.165, 1.54) is 23.2 Å². The lowest BCUT2D eigenvalue weighted by molar-refractivity contribution is 0.278. The van der Waals surface area contributed by atoms with Crippen LogP contribution in [-0.2, 0) is 6.54 Å². The summed E-state index contributed by atoms with van der Waals surface area (Å²) >= 11 is 0. The summed E-state index contributed by atoms with van der Waals surface area (Å²) in [6, 6.07) is 21.4. The number of rotatable bonds is 12. The molecule has 1 fully saturated rings.